The number of carbonyl (C=O) groups excluding carboxylic acids is 1. The molecule has 2 N–H and O–H groups in total. The number of nitrogens with one attached hydrogen (secondary N) is 2. The highest BCUT2D eigenvalue weighted by atomic mass is 19.1. The van der Waals surface area contributed by atoms with Gasteiger partial charge in [-0.05, 0) is 32.4 Å². The van der Waals surface area contributed by atoms with Crippen molar-refractivity contribution >= 4 is 5.91 Å². The lowest BCUT2D eigenvalue weighted by Gasteiger charge is -2.18. The summed E-state index contributed by atoms with van der Waals surface area (Å²) in [5.41, 5.74) is -0.421. The van der Waals surface area contributed by atoms with Crippen molar-refractivity contribution in [3.63, 3.8) is 0 Å². The molecule has 0 saturated carbocycles. The minimum absolute atomic E-state index is 0.00811. The zero-order valence-electron chi connectivity index (χ0n) is 18.4. The van der Waals surface area contributed by atoms with E-state index in [2.05, 4.69) is 15.7 Å². The number of benzene rings is 1. The molecular weight excluding hydrogens is 389 g/mol. The Labute approximate surface area is 176 Å². The molecule has 0 aliphatic carbocycles. The maximum atomic E-state index is 15.0. The lowest BCUT2D eigenvalue weighted by Crippen LogP contribution is -2.34. The van der Waals surface area contributed by atoms with Crippen LogP contribution in [0, 0.1) is 5.82 Å². The van der Waals surface area contributed by atoms with Crippen molar-refractivity contribution in [2.75, 3.05) is 13.7 Å². The third-order valence-corrected chi connectivity index (χ3v) is 5.00. The number of carbonyl (C=O) groups is 1. The van der Waals surface area contributed by atoms with E-state index in [9.17, 15) is 9.59 Å². The molecule has 0 spiro atoms. The number of nitrogens with zero attached hydrogens (tertiary/aromatic N) is 3. The van der Waals surface area contributed by atoms with Crippen LogP contribution < -0.4 is 21.1 Å². The molecule has 2 aromatic rings. The highest BCUT2D eigenvalue weighted by Crippen LogP contribution is 2.26. The molecule has 8 nitrogen and oxygen atoms in total. The number of ether oxygens (including phenoxy) is 1. The molecule has 1 aromatic carbocycles. The van der Waals surface area contributed by atoms with Crippen molar-refractivity contribution in [2.24, 2.45) is 7.05 Å². The number of halogens is 1. The summed E-state index contributed by atoms with van der Waals surface area (Å²) in [5.74, 6) is -0.421. The Morgan fingerprint density at radius 3 is 2.57 bits per heavy atom. The van der Waals surface area contributed by atoms with Crippen molar-refractivity contribution in [1.29, 1.82) is 0 Å². The van der Waals surface area contributed by atoms with E-state index in [0.717, 1.165) is 36.4 Å². The number of unbranched alkanes of at least 4 members (excludes halogenated alkanes) is 1. The van der Waals surface area contributed by atoms with Gasteiger partial charge in [0.15, 0.2) is 0 Å². The number of amides is 1. The fourth-order valence-electron chi connectivity index (χ4n) is 3.03. The second-order valence-corrected chi connectivity index (χ2v) is 7.19. The van der Waals surface area contributed by atoms with E-state index in [-0.39, 0.29) is 23.0 Å². The van der Waals surface area contributed by atoms with Crippen LogP contribution in [0.2, 0.25) is 0 Å². The van der Waals surface area contributed by atoms with E-state index in [1.807, 2.05) is 20.8 Å². The average molecular weight is 422 g/mol. The van der Waals surface area contributed by atoms with E-state index >= 15 is 4.39 Å². The zero-order chi connectivity index (χ0) is 22.3. The van der Waals surface area contributed by atoms with Gasteiger partial charge in [-0.25, -0.2) is 9.18 Å². The van der Waals surface area contributed by atoms with Crippen LogP contribution in [0.1, 0.15) is 62.6 Å². The Morgan fingerprint density at radius 1 is 1.27 bits per heavy atom. The highest BCUT2D eigenvalue weighted by Gasteiger charge is 2.22. The predicted molar refractivity (Wildman–Crippen MR) is 114 cm³/mol. The number of hydrogen-bond acceptors (Lipinski definition) is 5. The van der Waals surface area contributed by atoms with Crippen LogP contribution in [0.3, 0.4) is 0 Å². The van der Waals surface area contributed by atoms with Crippen molar-refractivity contribution in [3.05, 3.63) is 39.8 Å². The Morgan fingerprint density at radius 2 is 1.97 bits per heavy atom. The molecule has 0 aliphatic rings. The van der Waals surface area contributed by atoms with Crippen LogP contribution >= 0.6 is 0 Å². The molecule has 1 aromatic heterocycles. The van der Waals surface area contributed by atoms with Gasteiger partial charge in [0.25, 0.3) is 5.91 Å². The Hall–Kier alpha value is -2.68. The van der Waals surface area contributed by atoms with Gasteiger partial charge in [-0.15, -0.1) is 5.10 Å². The first-order valence-corrected chi connectivity index (χ1v) is 10.4. The summed E-state index contributed by atoms with van der Waals surface area (Å²) in [5, 5.41) is 10.1. The van der Waals surface area contributed by atoms with Gasteiger partial charge in [0, 0.05) is 19.2 Å². The average Bonchev–Trinajstić information content (AvgIpc) is 3.01. The first-order chi connectivity index (χ1) is 14.4. The third kappa shape index (κ3) is 5.27. The molecule has 0 atom stereocenters. The Bertz CT molecular complexity index is 918. The molecular formula is C21H32FN5O3. The van der Waals surface area contributed by atoms with Gasteiger partial charge in [0.05, 0.1) is 18.7 Å². The molecule has 0 fully saturated rings. The summed E-state index contributed by atoms with van der Waals surface area (Å²) < 4.78 is 23.2. The van der Waals surface area contributed by atoms with Crippen molar-refractivity contribution < 1.29 is 13.9 Å². The minimum Gasteiger partial charge on any atom is -0.493 e. The standard InChI is InChI=1S/C21H32FN5O3/c1-6-9-10-30-18-12-17(27-21(29)26(5)19(25-27)13-23-4)16(22)11-15(18)20(28)24-14(7-2)8-3/h11-12,14,23H,6-10,13H2,1-5H3,(H,24,28). The van der Waals surface area contributed by atoms with Gasteiger partial charge >= 0.3 is 5.69 Å². The number of rotatable bonds is 11. The molecule has 0 aliphatic heterocycles. The van der Waals surface area contributed by atoms with Crippen molar-refractivity contribution in [2.45, 2.75) is 59.0 Å². The molecule has 0 saturated heterocycles. The van der Waals surface area contributed by atoms with Crippen molar-refractivity contribution in [1.82, 2.24) is 25.0 Å². The van der Waals surface area contributed by atoms with Gasteiger partial charge < -0.3 is 15.4 Å². The first kappa shape index (κ1) is 23.6. The maximum Gasteiger partial charge on any atom is 0.350 e. The summed E-state index contributed by atoms with van der Waals surface area (Å²) in [6.07, 6.45) is 3.24. The lowest BCUT2D eigenvalue weighted by atomic mass is 10.1. The summed E-state index contributed by atoms with van der Waals surface area (Å²) in [6.45, 7) is 6.72. The normalized spacial score (nSPS) is 11.2. The summed E-state index contributed by atoms with van der Waals surface area (Å²) in [4.78, 5) is 25.4. The van der Waals surface area contributed by atoms with Crippen LogP contribution in [-0.2, 0) is 13.6 Å². The minimum atomic E-state index is -0.719. The van der Waals surface area contributed by atoms with Gasteiger partial charge in [0.2, 0.25) is 0 Å². The lowest BCUT2D eigenvalue weighted by molar-refractivity contribution is 0.0930. The fourth-order valence-corrected chi connectivity index (χ4v) is 3.03. The molecule has 1 heterocycles. The SMILES string of the molecule is CCCCOc1cc(-n2nc(CNC)n(C)c2=O)c(F)cc1C(=O)NC(CC)CC. The van der Waals surface area contributed by atoms with E-state index in [4.69, 9.17) is 4.74 Å². The van der Waals surface area contributed by atoms with Crippen LogP contribution in [0.25, 0.3) is 5.69 Å². The molecule has 0 unspecified atom stereocenters. The van der Waals surface area contributed by atoms with Crippen molar-refractivity contribution in [3.8, 4) is 11.4 Å². The molecule has 2 rings (SSSR count). The third-order valence-electron chi connectivity index (χ3n) is 5.00. The van der Waals surface area contributed by atoms with E-state index in [1.165, 1.54) is 10.6 Å². The topological polar surface area (TPSA) is 90.2 Å². The number of hydrogen-bond donors (Lipinski definition) is 2. The molecule has 0 radical (unpaired) electrons. The van der Waals surface area contributed by atoms with E-state index < -0.39 is 17.4 Å². The van der Waals surface area contributed by atoms with E-state index in [1.54, 1.807) is 14.1 Å². The Balaban J connectivity index is 2.51. The second-order valence-electron chi connectivity index (χ2n) is 7.19. The van der Waals surface area contributed by atoms with Crippen LogP contribution in [0.4, 0.5) is 4.39 Å². The highest BCUT2D eigenvalue weighted by molar-refractivity contribution is 5.97. The number of aromatic nitrogens is 3. The summed E-state index contributed by atoms with van der Waals surface area (Å²) >= 11 is 0. The second kappa shape index (κ2) is 10.9. The van der Waals surface area contributed by atoms with Gasteiger partial charge in [0.1, 0.15) is 23.1 Å². The van der Waals surface area contributed by atoms with Crippen LogP contribution in [0.5, 0.6) is 5.75 Å². The predicted octanol–water partition coefficient (Wildman–Crippen LogP) is 2.53. The largest absolute Gasteiger partial charge is 0.493 e. The smallest absolute Gasteiger partial charge is 0.350 e. The maximum absolute atomic E-state index is 15.0. The quantitative estimate of drug-likeness (QED) is 0.544. The molecule has 9 heteroatoms. The molecule has 166 valence electrons. The van der Waals surface area contributed by atoms with Crippen LogP contribution in [0.15, 0.2) is 16.9 Å². The fraction of sp³-hybridized carbons (Fsp3) is 0.571. The molecule has 0 bridgehead atoms. The van der Waals surface area contributed by atoms with Gasteiger partial charge in [-0.2, -0.15) is 4.68 Å². The van der Waals surface area contributed by atoms with Crippen LogP contribution in [-0.4, -0.2) is 40.0 Å². The zero-order valence-corrected chi connectivity index (χ0v) is 18.4. The molecule has 30 heavy (non-hydrogen) atoms. The van der Waals surface area contributed by atoms with Gasteiger partial charge in [-0.3, -0.25) is 9.36 Å². The van der Waals surface area contributed by atoms with E-state index in [0.29, 0.717) is 19.0 Å². The summed E-state index contributed by atoms with van der Waals surface area (Å²) in [7, 11) is 3.31. The molecule has 1 amide bonds. The Kier molecular flexibility index (Phi) is 8.58. The first-order valence-electron chi connectivity index (χ1n) is 10.4. The summed E-state index contributed by atoms with van der Waals surface area (Å²) in [6, 6.07) is 2.49. The van der Waals surface area contributed by atoms with Gasteiger partial charge in [-0.1, -0.05) is 27.2 Å². The monoisotopic (exact) mass is 421 g/mol.